The molecule has 5 heteroatoms. The van der Waals surface area contributed by atoms with Crippen molar-refractivity contribution >= 4 is 16.6 Å². The summed E-state index contributed by atoms with van der Waals surface area (Å²) in [6.45, 7) is 3.47. The van der Waals surface area contributed by atoms with Crippen LogP contribution in [0.25, 0.3) is 10.9 Å². The van der Waals surface area contributed by atoms with Gasteiger partial charge in [-0.15, -0.1) is 0 Å². The van der Waals surface area contributed by atoms with Crippen LogP contribution in [0.15, 0.2) is 6.07 Å². The molecule has 1 heterocycles. The van der Waals surface area contributed by atoms with Gasteiger partial charge in [-0.3, -0.25) is 0 Å². The summed E-state index contributed by atoms with van der Waals surface area (Å²) in [5, 5.41) is -0.147. The fraction of sp³-hybridized carbons (Fsp3) is 0.250. The van der Waals surface area contributed by atoms with Gasteiger partial charge in [-0.1, -0.05) is 6.92 Å². The van der Waals surface area contributed by atoms with E-state index in [2.05, 4.69) is 4.98 Å². The Morgan fingerprint density at radius 2 is 1.88 bits per heavy atom. The fourth-order valence-electron chi connectivity index (χ4n) is 1.97. The molecule has 2 nitrogen and oxygen atoms in total. The maximum Gasteiger partial charge on any atom is 0.185 e. The van der Waals surface area contributed by atoms with E-state index in [0.717, 1.165) is 0 Å². The first-order valence-electron chi connectivity index (χ1n) is 5.19. The Morgan fingerprint density at radius 1 is 1.24 bits per heavy atom. The normalized spacial score (nSPS) is 11.1. The summed E-state index contributed by atoms with van der Waals surface area (Å²) < 4.78 is 40.2. The van der Waals surface area contributed by atoms with E-state index in [1.54, 1.807) is 6.92 Å². The Morgan fingerprint density at radius 3 is 2.47 bits per heavy atom. The zero-order chi connectivity index (χ0) is 12.7. The predicted octanol–water partition coefficient (Wildman–Crippen LogP) is 3.11. The molecule has 2 rings (SSSR count). The smallest absolute Gasteiger partial charge is 0.185 e. The number of halogens is 3. The highest BCUT2D eigenvalue weighted by molar-refractivity contribution is 5.93. The molecule has 0 spiro atoms. The molecule has 0 atom stereocenters. The Labute approximate surface area is 96.3 Å². The first-order chi connectivity index (χ1) is 7.97. The molecule has 0 unspecified atom stereocenters. The van der Waals surface area contributed by atoms with Crippen LogP contribution in [-0.4, -0.2) is 4.98 Å². The molecule has 0 fully saturated rings. The van der Waals surface area contributed by atoms with Gasteiger partial charge in [0.15, 0.2) is 11.6 Å². The van der Waals surface area contributed by atoms with E-state index in [4.69, 9.17) is 5.73 Å². The molecule has 0 amide bonds. The van der Waals surface area contributed by atoms with Gasteiger partial charge in [-0.25, -0.2) is 18.2 Å². The first kappa shape index (κ1) is 11.7. The highest BCUT2D eigenvalue weighted by Gasteiger charge is 2.18. The summed E-state index contributed by atoms with van der Waals surface area (Å²) in [5.41, 5.74) is 6.70. The molecule has 0 aliphatic carbocycles. The number of aryl methyl sites for hydroxylation is 1. The number of anilines is 1. The van der Waals surface area contributed by atoms with Crippen molar-refractivity contribution in [3.05, 3.63) is 34.8 Å². The van der Waals surface area contributed by atoms with Crippen molar-refractivity contribution in [3.63, 3.8) is 0 Å². The van der Waals surface area contributed by atoms with Crippen LogP contribution in [0, 0.1) is 24.4 Å². The molecule has 90 valence electrons. The van der Waals surface area contributed by atoms with E-state index >= 15 is 0 Å². The number of nitrogens with two attached hydrogens (primary N) is 1. The topological polar surface area (TPSA) is 38.9 Å². The Balaban J connectivity index is 3.01. The summed E-state index contributed by atoms with van der Waals surface area (Å²) >= 11 is 0. The number of nitrogens with zero attached hydrogens (tertiary/aromatic N) is 1. The highest BCUT2D eigenvalue weighted by atomic mass is 19.2. The van der Waals surface area contributed by atoms with Crippen LogP contribution in [0.2, 0.25) is 0 Å². The third kappa shape index (κ3) is 1.62. The molecule has 0 aliphatic rings. The van der Waals surface area contributed by atoms with Gasteiger partial charge in [0.05, 0.1) is 5.39 Å². The van der Waals surface area contributed by atoms with Crippen molar-refractivity contribution in [1.29, 1.82) is 0 Å². The quantitative estimate of drug-likeness (QED) is 0.778. The van der Waals surface area contributed by atoms with Gasteiger partial charge in [0.2, 0.25) is 0 Å². The van der Waals surface area contributed by atoms with Crippen molar-refractivity contribution in [2.45, 2.75) is 20.3 Å². The molecule has 0 saturated carbocycles. The molecular weight excluding hydrogens is 229 g/mol. The zero-order valence-electron chi connectivity index (χ0n) is 9.44. The Kier molecular flexibility index (Phi) is 2.69. The van der Waals surface area contributed by atoms with Crippen molar-refractivity contribution in [2.75, 3.05) is 5.73 Å². The molecule has 2 N–H and O–H groups in total. The molecule has 1 aromatic carbocycles. The van der Waals surface area contributed by atoms with E-state index < -0.39 is 17.5 Å². The van der Waals surface area contributed by atoms with E-state index in [1.165, 1.54) is 0 Å². The summed E-state index contributed by atoms with van der Waals surface area (Å²) in [4.78, 5) is 3.89. The molecule has 1 aromatic heterocycles. The summed E-state index contributed by atoms with van der Waals surface area (Å²) in [5.74, 6) is -3.32. The lowest BCUT2D eigenvalue weighted by atomic mass is 10.0. The van der Waals surface area contributed by atoms with Crippen LogP contribution in [-0.2, 0) is 6.42 Å². The van der Waals surface area contributed by atoms with Crippen LogP contribution >= 0.6 is 0 Å². The van der Waals surface area contributed by atoms with Crippen LogP contribution in [0.1, 0.15) is 18.2 Å². The lowest BCUT2D eigenvalue weighted by Crippen LogP contribution is -2.04. The number of benzene rings is 1. The number of pyridine rings is 1. The maximum absolute atomic E-state index is 13.6. The van der Waals surface area contributed by atoms with E-state index in [-0.39, 0.29) is 16.6 Å². The molecular formula is C12H11F3N2. The lowest BCUT2D eigenvalue weighted by molar-refractivity contribution is 0.504. The molecule has 0 bridgehead atoms. The van der Waals surface area contributed by atoms with Crippen molar-refractivity contribution in [3.8, 4) is 0 Å². The standard InChI is InChI=1S/C12H11F3N2/c1-3-6-5(2)17-12-9(11(6)16)7(13)4-8(14)10(12)15/h4H,3H2,1-2H3,(H2,16,17). The molecule has 0 aliphatic heterocycles. The van der Waals surface area contributed by atoms with Gasteiger partial charge in [-0.2, -0.15) is 0 Å². The fourth-order valence-corrected chi connectivity index (χ4v) is 1.97. The third-order valence-corrected chi connectivity index (χ3v) is 2.81. The summed E-state index contributed by atoms with van der Waals surface area (Å²) in [6.07, 6.45) is 0.555. The SMILES string of the molecule is CCc1c(C)nc2c(F)c(F)cc(F)c2c1N. The zero-order valence-corrected chi connectivity index (χ0v) is 9.44. The van der Waals surface area contributed by atoms with Crippen LogP contribution < -0.4 is 5.73 Å². The maximum atomic E-state index is 13.6. The minimum atomic E-state index is -1.26. The van der Waals surface area contributed by atoms with Gasteiger partial charge in [0.1, 0.15) is 11.3 Å². The van der Waals surface area contributed by atoms with Gasteiger partial charge in [0.25, 0.3) is 0 Å². The van der Waals surface area contributed by atoms with E-state index in [9.17, 15) is 13.2 Å². The number of nitrogen functional groups attached to an aromatic ring is 1. The Bertz CT molecular complexity index is 609. The molecule has 0 saturated heterocycles. The van der Waals surface area contributed by atoms with Gasteiger partial charge in [-0.05, 0) is 18.9 Å². The average Bonchev–Trinajstić information content (AvgIpc) is 2.25. The van der Waals surface area contributed by atoms with Crippen LogP contribution in [0.3, 0.4) is 0 Å². The van der Waals surface area contributed by atoms with Crippen molar-refractivity contribution < 1.29 is 13.2 Å². The number of aromatic nitrogens is 1. The first-order valence-corrected chi connectivity index (χ1v) is 5.19. The third-order valence-electron chi connectivity index (χ3n) is 2.81. The number of hydrogen-bond acceptors (Lipinski definition) is 2. The number of rotatable bonds is 1. The number of hydrogen-bond donors (Lipinski definition) is 1. The van der Waals surface area contributed by atoms with Crippen molar-refractivity contribution in [2.24, 2.45) is 0 Å². The lowest BCUT2D eigenvalue weighted by Gasteiger charge is -2.11. The second kappa shape index (κ2) is 3.91. The number of fused-ring (bicyclic) bond motifs is 1. The van der Waals surface area contributed by atoms with Gasteiger partial charge < -0.3 is 5.73 Å². The minimum Gasteiger partial charge on any atom is -0.398 e. The minimum absolute atomic E-state index is 0.131. The summed E-state index contributed by atoms with van der Waals surface area (Å²) in [6, 6.07) is 0.491. The monoisotopic (exact) mass is 240 g/mol. The van der Waals surface area contributed by atoms with Gasteiger partial charge >= 0.3 is 0 Å². The second-order valence-corrected chi connectivity index (χ2v) is 3.82. The van der Waals surface area contributed by atoms with Crippen molar-refractivity contribution in [1.82, 2.24) is 4.98 Å². The van der Waals surface area contributed by atoms with Crippen LogP contribution in [0.5, 0.6) is 0 Å². The second-order valence-electron chi connectivity index (χ2n) is 3.82. The Hall–Kier alpha value is -1.78. The highest BCUT2D eigenvalue weighted by Crippen LogP contribution is 2.31. The molecule has 0 radical (unpaired) electrons. The van der Waals surface area contributed by atoms with E-state index in [1.807, 2.05) is 6.92 Å². The molecule has 2 aromatic rings. The van der Waals surface area contributed by atoms with Gasteiger partial charge in [0, 0.05) is 17.4 Å². The van der Waals surface area contributed by atoms with E-state index in [0.29, 0.717) is 23.7 Å². The van der Waals surface area contributed by atoms with Crippen LogP contribution in [0.4, 0.5) is 18.9 Å². The predicted molar refractivity (Wildman–Crippen MR) is 60.1 cm³/mol. The largest absolute Gasteiger partial charge is 0.398 e. The summed E-state index contributed by atoms with van der Waals surface area (Å²) in [7, 11) is 0. The molecule has 17 heavy (non-hydrogen) atoms. The average molecular weight is 240 g/mol.